The molecular formula is C8H12NORb. The molecule has 1 aliphatic heterocycles. The first kappa shape index (κ1) is 10.5. The molecule has 1 saturated carbocycles. The summed E-state index contributed by atoms with van der Waals surface area (Å²) in [6.07, 6.45) is 1.87. The molecule has 3 heteroatoms. The molecule has 0 N–H and O–H groups in total. The van der Waals surface area contributed by atoms with E-state index < -0.39 is 0 Å². The fourth-order valence-corrected chi connectivity index (χ4v) is 2.11. The molecule has 0 bridgehead atoms. The Bertz CT molecular complexity index is 183. The van der Waals surface area contributed by atoms with Crippen LogP contribution in [0.25, 0.3) is 5.32 Å². The van der Waals surface area contributed by atoms with Crippen molar-refractivity contribution in [2.45, 2.75) is 19.8 Å². The SMILES string of the molecule is CC12CCC(=O)C1C[N-]C2.[Rb+]. The van der Waals surface area contributed by atoms with E-state index in [0.29, 0.717) is 5.78 Å². The van der Waals surface area contributed by atoms with Gasteiger partial charge in [-0.15, -0.1) is 13.1 Å². The number of carbonyl (C=O) groups is 1. The fraction of sp³-hybridized carbons (Fsp3) is 0.875. The van der Waals surface area contributed by atoms with Gasteiger partial charge in [-0.05, 0) is 11.8 Å². The van der Waals surface area contributed by atoms with Crippen molar-refractivity contribution in [2.75, 3.05) is 13.1 Å². The molecule has 1 saturated heterocycles. The average molecular weight is 224 g/mol. The molecule has 1 heterocycles. The standard InChI is InChI=1S/C8H12NO.Rb/c1-8-3-2-7(10)6(8)4-9-5-8;/h6H,2-5H2,1H3;/q-1;+1. The van der Waals surface area contributed by atoms with E-state index in [0.717, 1.165) is 25.9 Å². The van der Waals surface area contributed by atoms with Gasteiger partial charge in [-0.2, -0.15) is 0 Å². The number of fused-ring (bicyclic) bond motifs is 1. The Balaban J connectivity index is 0.000000605. The number of rotatable bonds is 0. The molecule has 11 heavy (non-hydrogen) atoms. The third kappa shape index (κ3) is 1.70. The van der Waals surface area contributed by atoms with Crippen LogP contribution in [-0.2, 0) is 4.79 Å². The van der Waals surface area contributed by atoms with Crippen LogP contribution in [0.3, 0.4) is 0 Å². The molecule has 2 unspecified atom stereocenters. The number of carbonyl (C=O) groups excluding carboxylic acids is 1. The number of hydrogen-bond acceptors (Lipinski definition) is 1. The third-order valence-electron chi connectivity index (χ3n) is 2.96. The van der Waals surface area contributed by atoms with E-state index in [9.17, 15) is 4.79 Å². The van der Waals surface area contributed by atoms with Crippen LogP contribution in [0.4, 0.5) is 0 Å². The maximum absolute atomic E-state index is 11.2. The Hall–Kier alpha value is 1.44. The number of hydrogen-bond donors (Lipinski definition) is 0. The number of ketones is 1. The van der Waals surface area contributed by atoms with Gasteiger partial charge in [-0.1, -0.05) is 6.92 Å². The molecule has 2 aliphatic rings. The second-order valence-corrected chi connectivity index (χ2v) is 3.74. The molecule has 0 spiro atoms. The van der Waals surface area contributed by atoms with Gasteiger partial charge in [0.2, 0.25) is 0 Å². The van der Waals surface area contributed by atoms with Crippen molar-refractivity contribution in [1.82, 2.24) is 0 Å². The minimum Gasteiger partial charge on any atom is -0.661 e. The summed E-state index contributed by atoms with van der Waals surface area (Å²) in [5.74, 6) is 0.733. The van der Waals surface area contributed by atoms with Crippen LogP contribution in [0.5, 0.6) is 0 Å². The minimum absolute atomic E-state index is 0. The van der Waals surface area contributed by atoms with Crippen molar-refractivity contribution in [2.24, 2.45) is 11.3 Å². The van der Waals surface area contributed by atoms with Crippen molar-refractivity contribution >= 4 is 5.78 Å². The maximum atomic E-state index is 11.2. The van der Waals surface area contributed by atoms with E-state index in [1.807, 2.05) is 0 Å². The van der Waals surface area contributed by atoms with E-state index in [-0.39, 0.29) is 69.5 Å². The molecule has 1 aliphatic carbocycles. The summed E-state index contributed by atoms with van der Waals surface area (Å²) in [7, 11) is 0. The molecule has 0 aromatic heterocycles. The summed E-state index contributed by atoms with van der Waals surface area (Å²) >= 11 is 0. The first-order valence-corrected chi connectivity index (χ1v) is 3.88. The number of nitrogens with zero attached hydrogens (tertiary/aromatic N) is 1. The fourth-order valence-electron chi connectivity index (χ4n) is 2.11. The monoisotopic (exact) mass is 223 g/mol. The molecule has 0 aromatic rings. The topological polar surface area (TPSA) is 31.2 Å². The molecule has 0 amide bonds. The van der Waals surface area contributed by atoms with E-state index in [1.165, 1.54) is 0 Å². The van der Waals surface area contributed by atoms with Gasteiger partial charge in [0, 0.05) is 12.3 Å². The first-order valence-electron chi connectivity index (χ1n) is 3.88. The van der Waals surface area contributed by atoms with E-state index >= 15 is 0 Å². The van der Waals surface area contributed by atoms with Gasteiger partial charge in [0.15, 0.2) is 0 Å². The van der Waals surface area contributed by atoms with Gasteiger partial charge in [-0.25, -0.2) is 0 Å². The van der Waals surface area contributed by atoms with Crippen molar-refractivity contribution in [3.8, 4) is 0 Å². The van der Waals surface area contributed by atoms with E-state index in [2.05, 4.69) is 12.2 Å². The van der Waals surface area contributed by atoms with Crippen molar-refractivity contribution < 1.29 is 63.0 Å². The van der Waals surface area contributed by atoms with Crippen LogP contribution in [0.15, 0.2) is 0 Å². The second kappa shape index (κ2) is 3.66. The Morgan fingerprint density at radius 2 is 2.36 bits per heavy atom. The van der Waals surface area contributed by atoms with Gasteiger partial charge in [0.05, 0.1) is 0 Å². The zero-order valence-corrected chi connectivity index (χ0v) is 12.2. The predicted octanol–water partition coefficient (Wildman–Crippen LogP) is -1.64. The van der Waals surface area contributed by atoms with Crippen LogP contribution in [-0.4, -0.2) is 18.9 Å². The van der Waals surface area contributed by atoms with Crippen LogP contribution in [0.1, 0.15) is 19.8 Å². The van der Waals surface area contributed by atoms with Crippen LogP contribution >= 0.6 is 0 Å². The van der Waals surface area contributed by atoms with E-state index in [1.54, 1.807) is 0 Å². The zero-order valence-electron chi connectivity index (χ0n) is 7.26. The summed E-state index contributed by atoms with van der Waals surface area (Å²) in [6.45, 7) is 3.91. The summed E-state index contributed by atoms with van der Waals surface area (Å²) in [5.41, 5.74) is 0.261. The molecular weight excluding hydrogens is 212 g/mol. The minimum atomic E-state index is 0. The van der Waals surface area contributed by atoms with Crippen molar-refractivity contribution in [3.63, 3.8) is 0 Å². The van der Waals surface area contributed by atoms with Gasteiger partial charge in [-0.3, -0.25) is 4.79 Å². The normalized spacial score (nSPS) is 41.9. The van der Waals surface area contributed by atoms with Crippen LogP contribution < -0.4 is 58.2 Å². The Labute approximate surface area is 116 Å². The van der Waals surface area contributed by atoms with Gasteiger partial charge >= 0.3 is 58.2 Å². The summed E-state index contributed by atoms with van der Waals surface area (Å²) in [5, 5.41) is 4.27. The Kier molecular flexibility index (Phi) is 3.50. The van der Waals surface area contributed by atoms with Gasteiger partial charge < -0.3 is 5.32 Å². The summed E-state index contributed by atoms with van der Waals surface area (Å²) < 4.78 is 0. The van der Waals surface area contributed by atoms with Crippen molar-refractivity contribution in [3.05, 3.63) is 5.32 Å². The molecule has 2 atom stereocenters. The van der Waals surface area contributed by atoms with Crippen molar-refractivity contribution in [1.29, 1.82) is 0 Å². The quantitative estimate of drug-likeness (QED) is 0.485. The predicted molar refractivity (Wildman–Crippen MR) is 38.9 cm³/mol. The van der Waals surface area contributed by atoms with Crippen LogP contribution in [0.2, 0.25) is 0 Å². The molecule has 2 rings (SSSR count). The van der Waals surface area contributed by atoms with Crippen LogP contribution in [0, 0.1) is 11.3 Å². The first-order chi connectivity index (χ1) is 4.72. The number of Topliss-reactive ketones (excluding diaryl/α,β-unsaturated/α-hetero) is 1. The average Bonchev–Trinajstić information content (AvgIpc) is 2.35. The molecule has 0 radical (unpaired) electrons. The maximum Gasteiger partial charge on any atom is 1.00 e. The molecule has 0 aromatic carbocycles. The molecule has 2 fully saturated rings. The smallest absolute Gasteiger partial charge is 0.661 e. The molecule has 56 valence electrons. The second-order valence-electron chi connectivity index (χ2n) is 3.74. The largest absolute Gasteiger partial charge is 1.00 e. The third-order valence-corrected chi connectivity index (χ3v) is 2.96. The summed E-state index contributed by atoms with van der Waals surface area (Å²) in [6, 6.07) is 0. The van der Waals surface area contributed by atoms with E-state index in [4.69, 9.17) is 0 Å². The van der Waals surface area contributed by atoms with Gasteiger partial charge in [0.25, 0.3) is 0 Å². The Morgan fingerprint density at radius 1 is 1.64 bits per heavy atom. The molecule has 2 nitrogen and oxygen atoms in total. The zero-order chi connectivity index (χ0) is 7.19. The Morgan fingerprint density at radius 3 is 3.00 bits per heavy atom. The summed E-state index contributed by atoms with van der Waals surface area (Å²) in [4.78, 5) is 11.2. The van der Waals surface area contributed by atoms with Gasteiger partial charge in [0.1, 0.15) is 5.78 Å².